The molecule has 2 rings (SSSR count). The molecule has 82 valence electrons. The Balaban J connectivity index is 2.31. The molecular formula is C8H9N7S. The molecule has 0 radical (unpaired) electrons. The lowest BCUT2D eigenvalue weighted by Gasteiger charge is -2.01. The number of rotatable bonds is 3. The Kier molecular flexibility index (Phi) is 2.82. The van der Waals surface area contributed by atoms with Crippen LogP contribution in [0, 0.1) is 12.3 Å². The van der Waals surface area contributed by atoms with Crippen LogP contribution in [0.2, 0.25) is 0 Å². The van der Waals surface area contributed by atoms with Crippen molar-refractivity contribution in [3.63, 3.8) is 0 Å². The van der Waals surface area contributed by atoms with Gasteiger partial charge >= 0.3 is 0 Å². The van der Waals surface area contributed by atoms with E-state index < -0.39 is 0 Å². The summed E-state index contributed by atoms with van der Waals surface area (Å²) in [7, 11) is 0. The molecule has 0 fully saturated rings. The number of nitrogen functional groups attached to an aromatic ring is 1. The molecule has 0 aliphatic rings. The fraction of sp³-hybridized carbons (Fsp3) is 0.125. The molecule has 0 saturated heterocycles. The van der Waals surface area contributed by atoms with Crippen molar-refractivity contribution in [1.29, 1.82) is 5.41 Å². The first kappa shape index (κ1) is 10.6. The number of nitrogens with zero attached hydrogens (tertiary/aromatic N) is 4. The van der Waals surface area contributed by atoms with Crippen molar-refractivity contribution >= 4 is 17.6 Å². The van der Waals surface area contributed by atoms with Gasteiger partial charge in [-0.05, 0) is 18.7 Å². The van der Waals surface area contributed by atoms with E-state index in [1.807, 2.05) is 0 Å². The maximum absolute atomic E-state index is 7.36. The van der Waals surface area contributed by atoms with Gasteiger partial charge in [-0.25, -0.2) is 15.0 Å². The summed E-state index contributed by atoms with van der Waals surface area (Å²) in [6, 6.07) is 0. The second-order valence-corrected chi connectivity index (χ2v) is 3.89. The van der Waals surface area contributed by atoms with E-state index in [1.54, 1.807) is 6.92 Å². The van der Waals surface area contributed by atoms with Gasteiger partial charge in [-0.1, -0.05) is 0 Å². The van der Waals surface area contributed by atoms with Gasteiger partial charge in [0.05, 0.1) is 0 Å². The second-order valence-electron chi connectivity index (χ2n) is 2.93. The normalized spacial score (nSPS) is 10.3. The minimum Gasteiger partial charge on any atom is -0.382 e. The molecule has 0 aliphatic heterocycles. The highest BCUT2D eigenvalue weighted by Gasteiger charge is 2.11. The molecule has 0 saturated carbocycles. The zero-order chi connectivity index (χ0) is 11.5. The average molecular weight is 235 g/mol. The van der Waals surface area contributed by atoms with Gasteiger partial charge in [0.1, 0.15) is 22.4 Å². The smallest absolute Gasteiger partial charge is 0.214 e. The largest absolute Gasteiger partial charge is 0.382 e. The predicted molar refractivity (Wildman–Crippen MR) is 58.3 cm³/mol. The molecule has 2 aromatic rings. The lowest BCUT2D eigenvalue weighted by atomic mass is 10.4. The summed E-state index contributed by atoms with van der Waals surface area (Å²) in [5.74, 6) is 0.596. The van der Waals surface area contributed by atoms with Crippen LogP contribution in [0.4, 0.5) is 0 Å². The first-order valence-corrected chi connectivity index (χ1v) is 5.20. The van der Waals surface area contributed by atoms with Gasteiger partial charge in [0.2, 0.25) is 5.16 Å². The number of nitrogens with one attached hydrogen (secondary N) is 2. The molecule has 16 heavy (non-hydrogen) atoms. The number of aryl methyl sites for hydroxylation is 1. The van der Waals surface area contributed by atoms with Crippen molar-refractivity contribution in [3.8, 4) is 0 Å². The Morgan fingerprint density at radius 2 is 2.19 bits per heavy atom. The van der Waals surface area contributed by atoms with Crippen LogP contribution in [0.15, 0.2) is 22.6 Å². The van der Waals surface area contributed by atoms with E-state index in [1.165, 1.54) is 24.2 Å². The van der Waals surface area contributed by atoms with Crippen LogP contribution in [0.25, 0.3) is 0 Å². The number of hydrogen-bond donors (Lipinski definition) is 3. The molecule has 0 aliphatic carbocycles. The maximum Gasteiger partial charge on any atom is 0.214 e. The minimum absolute atomic E-state index is 0.122. The molecule has 8 heteroatoms. The first-order valence-electron chi connectivity index (χ1n) is 4.39. The van der Waals surface area contributed by atoms with Crippen LogP contribution in [0.3, 0.4) is 0 Å². The van der Waals surface area contributed by atoms with Crippen molar-refractivity contribution in [2.24, 2.45) is 5.73 Å². The number of aromatic amines is 1. The highest BCUT2D eigenvalue weighted by Crippen LogP contribution is 2.23. The molecule has 2 aromatic heterocycles. The van der Waals surface area contributed by atoms with E-state index in [4.69, 9.17) is 11.1 Å². The monoisotopic (exact) mass is 235 g/mol. The third-order valence-corrected chi connectivity index (χ3v) is 2.54. The maximum atomic E-state index is 7.36. The molecule has 2 heterocycles. The van der Waals surface area contributed by atoms with Crippen molar-refractivity contribution in [2.45, 2.75) is 17.1 Å². The zero-order valence-electron chi connectivity index (χ0n) is 8.43. The van der Waals surface area contributed by atoms with Crippen molar-refractivity contribution < 1.29 is 0 Å². The zero-order valence-corrected chi connectivity index (χ0v) is 9.25. The molecule has 0 unspecified atom stereocenters. The summed E-state index contributed by atoms with van der Waals surface area (Å²) in [6.45, 7) is 1.81. The lowest BCUT2D eigenvalue weighted by molar-refractivity contribution is 0.956. The summed E-state index contributed by atoms with van der Waals surface area (Å²) in [5, 5.41) is 15.1. The van der Waals surface area contributed by atoms with E-state index in [9.17, 15) is 0 Å². The van der Waals surface area contributed by atoms with Crippen LogP contribution >= 0.6 is 11.8 Å². The quantitative estimate of drug-likeness (QED) is 0.521. The number of nitrogens with two attached hydrogens (primary N) is 1. The summed E-state index contributed by atoms with van der Waals surface area (Å²) in [5.41, 5.74) is 5.73. The summed E-state index contributed by atoms with van der Waals surface area (Å²) in [6.07, 6.45) is 3.03. The van der Waals surface area contributed by atoms with Gasteiger partial charge in [-0.15, -0.1) is 5.10 Å². The van der Waals surface area contributed by atoms with Crippen LogP contribution in [0.5, 0.6) is 0 Å². The molecule has 0 spiro atoms. The van der Waals surface area contributed by atoms with Gasteiger partial charge in [0.15, 0.2) is 0 Å². The molecule has 7 nitrogen and oxygen atoms in total. The SMILES string of the molecule is Cc1nc(Sc2nccnc2C(=N)N)n[nH]1. The van der Waals surface area contributed by atoms with Gasteiger partial charge in [0.25, 0.3) is 0 Å². The number of amidine groups is 1. The van der Waals surface area contributed by atoms with Crippen molar-refractivity contribution in [2.75, 3.05) is 0 Å². The van der Waals surface area contributed by atoms with E-state index in [-0.39, 0.29) is 5.84 Å². The van der Waals surface area contributed by atoms with Gasteiger partial charge in [-0.2, -0.15) is 0 Å². The van der Waals surface area contributed by atoms with Crippen LogP contribution in [-0.4, -0.2) is 31.0 Å². The fourth-order valence-electron chi connectivity index (χ4n) is 1.04. The summed E-state index contributed by atoms with van der Waals surface area (Å²) >= 11 is 1.22. The Hall–Kier alpha value is -1.96. The highest BCUT2D eigenvalue weighted by atomic mass is 32.2. The van der Waals surface area contributed by atoms with E-state index in [0.29, 0.717) is 15.9 Å². The number of hydrogen-bond acceptors (Lipinski definition) is 6. The molecule has 0 atom stereocenters. The van der Waals surface area contributed by atoms with Gasteiger partial charge in [-0.3, -0.25) is 10.5 Å². The molecular weight excluding hydrogens is 226 g/mol. The Morgan fingerprint density at radius 3 is 2.81 bits per heavy atom. The number of aromatic nitrogens is 5. The Bertz CT molecular complexity index is 521. The molecule has 0 amide bonds. The van der Waals surface area contributed by atoms with E-state index in [0.717, 1.165) is 5.82 Å². The van der Waals surface area contributed by atoms with Crippen LogP contribution < -0.4 is 5.73 Å². The molecule has 0 aromatic carbocycles. The standard InChI is InChI=1S/C8H9N7S/c1-4-13-8(15-14-4)16-7-5(6(9)10)11-2-3-12-7/h2-3H,1H3,(H3,9,10)(H,13,14,15). The third kappa shape index (κ3) is 2.16. The van der Waals surface area contributed by atoms with Crippen LogP contribution in [0.1, 0.15) is 11.5 Å². The lowest BCUT2D eigenvalue weighted by Crippen LogP contribution is -2.15. The first-order chi connectivity index (χ1) is 7.66. The third-order valence-electron chi connectivity index (χ3n) is 1.68. The summed E-state index contributed by atoms with van der Waals surface area (Å²) < 4.78 is 0. The fourth-order valence-corrected chi connectivity index (χ4v) is 1.86. The second kappa shape index (κ2) is 4.27. The molecule has 4 N–H and O–H groups in total. The number of H-pyrrole nitrogens is 1. The minimum atomic E-state index is -0.122. The van der Waals surface area contributed by atoms with Gasteiger partial charge in [0, 0.05) is 12.4 Å². The van der Waals surface area contributed by atoms with E-state index in [2.05, 4.69) is 25.1 Å². The average Bonchev–Trinajstić information content (AvgIpc) is 2.64. The van der Waals surface area contributed by atoms with Gasteiger partial charge < -0.3 is 5.73 Å². The highest BCUT2D eigenvalue weighted by molar-refractivity contribution is 7.99. The Labute approximate surface area is 95.4 Å². The van der Waals surface area contributed by atoms with E-state index >= 15 is 0 Å². The summed E-state index contributed by atoms with van der Waals surface area (Å²) in [4.78, 5) is 12.2. The molecule has 0 bridgehead atoms. The Morgan fingerprint density at radius 1 is 1.44 bits per heavy atom. The van der Waals surface area contributed by atoms with Crippen molar-refractivity contribution in [3.05, 3.63) is 23.9 Å². The van der Waals surface area contributed by atoms with Crippen LogP contribution in [-0.2, 0) is 0 Å². The van der Waals surface area contributed by atoms with Crippen molar-refractivity contribution in [1.82, 2.24) is 25.1 Å². The topological polar surface area (TPSA) is 117 Å². The predicted octanol–water partition coefficient (Wildman–Crippen LogP) is 0.338.